The molecule has 22 heavy (non-hydrogen) atoms. The fourth-order valence-corrected chi connectivity index (χ4v) is 2.28. The van der Waals surface area contributed by atoms with Crippen LogP contribution in [0.3, 0.4) is 0 Å². The first-order chi connectivity index (χ1) is 10.5. The van der Waals surface area contributed by atoms with Gasteiger partial charge in [0, 0.05) is 5.56 Å². The van der Waals surface area contributed by atoms with Crippen LogP contribution in [0.1, 0.15) is 16.2 Å². The first kappa shape index (κ1) is 14.5. The molecule has 0 saturated carbocycles. The molecule has 0 aliphatic heterocycles. The molecular formula is C15H11ClFN3O2. The summed E-state index contributed by atoms with van der Waals surface area (Å²) < 4.78 is 19.2. The zero-order valence-electron chi connectivity index (χ0n) is 11.8. The lowest BCUT2D eigenvalue weighted by Gasteiger charge is -2.07. The van der Waals surface area contributed by atoms with Gasteiger partial charge in [-0.05, 0) is 37.3 Å². The molecule has 3 rings (SSSR count). The number of aromatic nitrogens is 3. The van der Waals surface area contributed by atoms with Crippen molar-refractivity contribution in [2.75, 3.05) is 7.11 Å². The average molecular weight is 320 g/mol. The number of ether oxygens (including phenoxy) is 1. The predicted octanol–water partition coefficient (Wildman–Crippen LogP) is 3.28. The largest absolute Gasteiger partial charge is 0.464 e. The van der Waals surface area contributed by atoms with Crippen LogP contribution in [0.5, 0.6) is 0 Å². The van der Waals surface area contributed by atoms with Crippen LogP contribution in [0.4, 0.5) is 4.39 Å². The molecule has 3 aromatic rings. The molecule has 0 saturated heterocycles. The van der Waals surface area contributed by atoms with Crippen molar-refractivity contribution in [1.29, 1.82) is 0 Å². The second kappa shape index (κ2) is 5.38. The molecule has 0 amide bonds. The second-order valence-corrected chi connectivity index (χ2v) is 5.04. The summed E-state index contributed by atoms with van der Waals surface area (Å²) in [6.07, 6.45) is 0. The molecule has 0 fully saturated rings. The standard InChI is InChI=1S/C15H11ClFN3O2/c1-8-13(16)14-18-11(9-3-5-10(17)6-4-9)7-12(15(21)22-2)20(14)19-8/h3-7H,1-2H3. The lowest BCUT2D eigenvalue weighted by molar-refractivity contribution is 0.0590. The smallest absolute Gasteiger partial charge is 0.356 e. The van der Waals surface area contributed by atoms with Gasteiger partial charge < -0.3 is 4.74 Å². The zero-order valence-corrected chi connectivity index (χ0v) is 12.6. The Kier molecular flexibility index (Phi) is 3.54. The van der Waals surface area contributed by atoms with Gasteiger partial charge in [0.05, 0.1) is 18.5 Å². The van der Waals surface area contributed by atoms with Crippen molar-refractivity contribution in [3.05, 3.63) is 52.6 Å². The summed E-state index contributed by atoms with van der Waals surface area (Å²) in [7, 11) is 1.28. The normalized spacial score (nSPS) is 10.9. The van der Waals surface area contributed by atoms with Gasteiger partial charge in [0.25, 0.3) is 0 Å². The Hall–Kier alpha value is -2.47. The van der Waals surface area contributed by atoms with E-state index in [4.69, 9.17) is 16.3 Å². The Morgan fingerprint density at radius 3 is 2.64 bits per heavy atom. The number of benzene rings is 1. The van der Waals surface area contributed by atoms with Crippen molar-refractivity contribution in [2.24, 2.45) is 0 Å². The van der Waals surface area contributed by atoms with Crippen LogP contribution < -0.4 is 0 Å². The van der Waals surface area contributed by atoms with Crippen LogP contribution in [0.2, 0.25) is 5.02 Å². The predicted molar refractivity (Wildman–Crippen MR) is 79.5 cm³/mol. The minimum absolute atomic E-state index is 0.196. The van der Waals surface area contributed by atoms with Crippen molar-refractivity contribution in [3.8, 4) is 11.3 Å². The van der Waals surface area contributed by atoms with Crippen molar-refractivity contribution >= 4 is 23.2 Å². The Labute approximate surface area is 130 Å². The van der Waals surface area contributed by atoms with Gasteiger partial charge in [-0.15, -0.1) is 0 Å². The molecule has 0 spiro atoms. The molecule has 5 nitrogen and oxygen atoms in total. The summed E-state index contributed by atoms with van der Waals surface area (Å²) >= 11 is 6.19. The quantitative estimate of drug-likeness (QED) is 0.680. The van der Waals surface area contributed by atoms with Gasteiger partial charge in [-0.1, -0.05) is 11.6 Å². The molecule has 2 heterocycles. The lowest BCUT2D eigenvalue weighted by atomic mass is 10.1. The molecule has 0 aliphatic rings. The maximum atomic E-state index is 13.1. The van der Waals surface area contributed by atoms with E-state index in [1.54, 1.807) is 19.1 Å². The first-order valence-corrected chi connectivity index (χ1v) is 6.79. The zero-order chi connectivity index (χ0) is 15.9. The topological polar surface area (TPSA) is 56.5 Å². The Morgan fingerprint density at radius 1 is 1.32 bits per heavy atom. The third-order valence-electron chi connectivity index (χ3n) is 3.23. The molecule has 0 unspecified atom stereocenters. The average Bonchev–Trinajstić information content (AvgIpc) is 2.81. The lowest BCUT2D eigenvalue weighted by Crippen LogP contribution is -2.10. The van der Waals surface area contributed by atoms with E-state index in [0.29, 0.717) is 27.6 Å². The number of halogens is 2. The van der Waals surface area contributed by atoms with Crippen LogP contribution in [-0.2, 0) is 4.74 Å². The fraction of sp³-hybridized carbons (Fsp3) is 0.133. The molecule has 0 aliphatic carbocycles. The number of carbonyl (C=O) groups is 1. The number of nitrogens with zero attached hydrogens (tertiary/aromatic N) is 3. The van der Waals surface area contributed by atoms with E-state index in [0.717, 1.165) is 0 Å². The van der Waals surface area contributed by atoms with Gasteiger partial charge in [-0.25, -0.2) is 18.7 Å². The number of hydrogen-bond acceptors (Lipinski definition) is 4. The third-order valence-corrected chi connectivity index (χ3v) is 3.67. The summed E-state index contributed by atoms with van der Waals surface area (Å²) in [6, 6.07) is 7.33. The van der Waals surface area contributed by atoms with Crippen molar-refractivity contribution < 1.29 is 13.9 Å². The molecule has 0 atom stereocenters. The summed E-state index contributed by atoms with van der Waals surface area (Å²) in [4.78, 5) is 16.4. The maximum Gasteiger partial charge on any atom is 0.356 e. The van der Waals surface area contributed by atoms with Crippen LogP contribution in [-0.4, -0.2) is 27.7 Å². The highest BCUT2D eigenvalue weighted by atomic mass is 35.5. The number of carbonyl (C=O) groups excluding carboxylic acids is 1. The first-order valence-electron chi connectivity index (χ1n) is 6.41. The van der Waals surface area contributed by atoms with Crippen molar-refractivity contribution in [3.63, 3.8) is 0 Å². The minimum Gasteiger partial charge on any atom is -0.464 e. The van der Waals surface area contributed by atoms with Crippen molar-refractivity contribution in [1.82, 2.24) is 14.6 Å². The minimum atomic E-state index is -0.560. The van der Waals surface area contributed by atoms with Gasteiger partial charge in [-0.3, -0.25) is 0 Å². The van der Waals surface area contributed by atoms with Crippen LogP contribution in [0, 0.1) is 12.7 Å². The molecule has 7 heteroatoms. The van der Waals surface area contributed by atoms with Crippen molar-refractivity contribution in [2.45, 2.75) is 6.92 Å². The maximum absolute atomic E-state index is 13.1. The Morgan fingerprint density at radius 2 is 2.00 bits per heavy atom. The summed E-state index contributed by atoms with van der Waals surface area (Å²) in [5.41, 5.74) is 2.23. The van der Waals surface area contributed by atoms with E-state index in [-0.39, 0.29) is 11.5 Å². The summed E-state index contributed by atoms with van der Waals surface area (Å²) in [6.45, 7) is 1.72. The molecular weight excluding hydrogens is 309 g/mol. The molecule has 2 aromatic heterocycles. The number of rotatable bonds is 2. The van der Waals surface area contributed by atoms with E-state index in [1.807, 2.05) is 0 Å². The highest BCUT2D eigenvalue weighted by molar-refractivity contribution is 6.34. The monoisotopic (exact) mass is 319 g/mol. The van der Waals surface area contributed by atoms with Crippen LogP contribution in [0.15, 0.2) is 30.3 Å². The van der Waals surface area contributed by atoms with E-state index in [1.165, 1.54) is 29.8 Å². The van der Waals surface area contributed by atoms with Gasteiger partial charge >= 0.3 is 5.97 Å². The van der Waals surface area contributed by atoms with E-state index >= 15 is 0 Å². The van der Waals surface area contributed by atoms with Crippen LogP contribution in [0.25, 0.3) is 16.9 Å². The number of hydrogen-bond donors (Lipinski definition) is 0. The Bertz CT molecular complexity index is 875. The SMILES string of the molecule is COC(=O)c1cc(-c2ccc(F)cc2)nc2c(Cl)c(C)nn12. The number of aryl methyl sites for hydroxylation is 1. The van der Waals surface area contributed by atoms with Gasteiger partial charge in [0.15, 0.2) is 11.3 Å². The number of methoxy groups -OCH3 is 1. The van der Waals surface area contributed by atoms with E-state index in [2.05, 4.69) is 10.1 Å². The highest BCUT2D eigenvalue weighted by Gasteiger charge is 2.19. The number of esters is 1. The van der Waals surface area contributed by atoms with Crippen LogP contribution >= 0.6 is 11.6 Å². The summed E-state index contributed by atoms with van der Waals surface area (Å²) in [5, 5.41) is 4.55. The van der Waals surface area contributed by atoms with Gasteiger partial charge in [0.1, 0.15) is 10.8 Å². The summed E-state index contributed by atoms with van der Waals surface area (Å²) in [5.74, 6) is -0.911. The van der Waals surface area contributed by atoms with E-state index < -0.39 is 5.97 Å². The van der Waals surface area contributed by atoms with E-state index in [9.17, 15) is 9.18 Å². The second-order valence-electron chi connectivity index (χ2n) is 4.66. The van der Waals surface area contributed by atoms with Gasteiger partial charge in [0.2, 0.25) is 0 Å². The molecule has 0 bridgehead atoms. The molecule has 1 aromatic carbocycles. The molecule has 0 N–H and O–H groups in total. The Balaban J connectivity index is 2.30. The number of fused-ring (bicyclic) bond motifs is 1. The highest BCUT2D eigenvalue weighted by Crippen LogP contribution is 2.26. The fourth-order valence-electron chi connectivity index (χ4n) is 2.12. The molecule has 112 valence electrons. The molecule has 0 radical (unpaired) electrons. The van der Waals surface area contributed by atoms with Gasteiger partial charge in [-0.2, -0.15) is 5.10 Å². The third kappa shape index (κ3) is 2.31.